The second-order valence-corrected chi connectivity index (χ2v) is 3.81. The van der Waals surface area contributed by atoms with Gasteiger partial charge in [-0.2, -0.15) is 5.26 Å². The quantitative estimate of drug-likeness (QED) is 0.788. The van der Waals surface area contributed by atoms with Crippen molar-refractivity contribution in [2.45, 2.75) is 19.8 Å². The number of pyridine rings is 1. The van der Waals surface area contributed by atoms with E-state index in [1.165, 1.54) is 0 Å². The second-order valence-electron chi connectivity index (χ2n) is 2.73. The first-order valence-corrected chi connectivity index (χ1v) is 4.94. The maximum Gasteiger partial charge on any atom is 0.266 e. The van der Waals surface area contributed by atoms with Crippen molar-refractivity contribution >= 4 is 22.6 Å². The summed E-state index contributed by atoms with van der Waals surface area (Å²) in [4.78, 5) is 3.84. The minimum atomic E-state index is -2.51. The average Bonchev–Trinajstić information content (AvgIpc) is 2.13. The number of rotatable bonds is 2. The van der Waals surface area contributed by atoms with Gasteiger partial charge in [0.15, 0.2) is 0 Å². The number of hydrogen-bond donors (Lipinski definition) is 0. The van der Waals surface area contributed by atoms with E-state index in [-0.39, 0.29) is 12.0 Å². The first-order chi connectivity index (χ1) is 6.57. The molecule has 0 aliphatic heterocycles. The Morgan fingerprint density at radius 2 is 2.29 bits per heavy atom. The van der Waals surface area contributed by atoms with Crippen LogP contribution in [0.15, 0.2) is 6.20 Å². The molecule has 14 heavy (non-hydrogen) atoms. The van der Waals surface area contributed by atoms with E-state index in [0.717, 1.165) is 6.20 Å². The van der Waals surface area contributed by atoms with E-state index in [2.05, 4.69) is 4.98 Å². The highest BCUT2D eigenvalue weighted by molar-refractivity contribution is 14.1. The fourth-order valence-corrected chi connectivity index (χ4v) is 1.74. The Kier molecular flexibility index (Phi) is 3.75. The van der Waals surface area contributed by atoms with E-state index in [0.29, 0.717) is 14.8 Å². The van der Waals surface area contributed by atoms with Crippen molar-refractivity contribution in [2.24, 2.45) is 0 Å². The molecule has 0 fully saturated rings. The van der Waals surface area contributed by atoms with Gasteiger partial charge in [0.2, 0.25) is 0 Å². The lowest BCUT2D eigenvalue weighted by molar-refractivity contribution is 0.150. The Balaban J connectivity index is 3.20. The van der Waals surface area contributed by atoms with Crippen LogP contribution in [0, 0.1) is 21.8 Å². The van der Waals surface area contributed by atoms with E-state index in [9.17, 15) is 8.78 Å². The van der Waals surface area contributed by atoms with Crippen LogP contribution in [0.3, 0.4) is 0 Å². The molecule has 74 valence electrons. The summed E-state index contributed by atoms with van der Waals surface area (Å²) in [5, 5.41) is 8.47. The molecule has 0 saturated carbocycles. The molecule has 1 aromatic rings. The summed E-state index contributed by atoms with van der Waals surface area (Å²) in [7, 11) is 0. The number of nitrogens with zero attached hydrogens (tertiary/aromatic N) is 2. The van der Waals surface area contributed by atoms with Crippen LogP contribution in [0.5, 0.6) is 0 Å². The van der Waals surface area contributed by atoms with Gasteiger partial charge in [0.25, 0.3) is 6.43 Å². The highest BCUT2D eigenvalue weighted by atomic mass is 127. The molecule has 0 aliphatic rings. The zero-order valence-corrected chi connectivity index (χ0v) is 9.55. The average molecular weight is 308 g/mol. The molecule has 0 radical (unpaired) electrons. The van der Waals surface area contributed by atoms with Crippen molar-refractivity contribution in [3.8, 4) is 6.07 Å². The highest BCUT2D eigenvalue weighted by Crippen LogP contribution is 2.27. The van der Waals surface area contributed by atoms with Gasteiger partial charge in [0, 0.05) is 15.3 Å². The van der Waals surface area contributed by atoms with Crippen LogP contribution in [0.1, 0.15) is 23.2 Å². The molecule has 0 saturated heterocycles. The predicted molar refractivity (Wildman–Crippen MR) is 56.0 cm³/mol. The molecule has 0 aromatic carbocycles. The maximum atomic E-state index is 12.4. The molecule has 0 unspecified atom stereocenters. The van der Waals surface area contributed by atoms with Gasteiger partial charge in [0.05, 0.1) is 18.2 Å². The van der Waals surface area contributed by atoms with Crippen LogP contribution in [0.2, 0.25) is 0 Å². The Labute approximate surface area is 94.1 Å². The van der Waals surface area contributed by atoms with Gasteiger partial charge in [-0.1, -0.05) is 0 Å². The topological polar surface area (TPSA) is 36.7 Å². The zero-order chi connectivity index (χ0) is 10.7. The lowest BCUT2D eigenvalue weighted by atomic mass is 10.1. The van der Waals surface area contributed by atoms with Gasteiger partial charge in [-0.25, -0.2) is 8.78 Å². The summed E-state index contributed by atoms with van der Waals surface area (Å²) >= 11 is 1.86. The summed E-state index contributed by atoms with van der Waals surface area (Å²) in [5.41, 5.74) is 1.18. The summed E-state index contributed by atoms with van der Waals surface area (Å²) in [6.07, 6.45) is -1.21. The van der Waals surface area contributed by atoms with Crippen molar-refractivity contribution in [2.75, 3.05) is 0 Å². The van der Waals surface area contributed by atoms with E-state index in [4.69, 9.17) is 5.26 Å². The molecule has 0 aliphatic carbocycles. The molecule has 2 nitrogen and oxygen atoms in total. The Morgan fingerprint density at radius 1 is 1.64 bits per heavy atom. The summed E-state index contributed by atoms with van der Waals surface area (Å²) in [6, 6.07) is 1.95. The number of hydrogen-bond acceptors (Lipinski definition) is 2. The molecule has 5 heteroatoms. The maximum absolute atomic E-state index is 12.4. The first-order valence-electron chi connectivity index (χ1n) is 3.87. The molecule has 1 rings (SSSR count). The Hall–Kier alpha value is -0.770. The van der Waals surface area contributed by atoms with Gasteiger partial charge in [-0.05, 0) is 35.1 Å². The molecule has 0 bridgehead atoms. The van der Waals surface area contributed by atoms with E-state index in [1.54, 1.807) is 6.92 Å². The third-order valence-corrected chi connectivity index (χ3v) is 3.29. The second kappa shape index (κ2) is 4.64. The van der Waals surface area contributed by atoms with Crippen LogP contribution in [0.25, 0.3) is 0 Å². The fraction of sp³-hybridized carbons (Fsp3) is 0.333. The molecular formula is C9H7F2IN2. The molecule has 1 aromatic heterocycles. The lowest BCUT2D eigenvalue weighted by Crippen LogP contribution is -2.00. The smallest absolute Gasteiger partial charge is 0.259 e. The van der Waals surface area contributed by atoms with Crippen molar-refractivity contribution < 1.29 is 8.78 Å². The fourth-order valence-electron chi connectivity index (χ4n) is 1.05. The van der Waals surface area contributed by atoms with E-state index >= 15 is 0 Å². The molecule has 0 atom stereocenters. The van der Waals surface area contributed by atoms with Gasteiger partial charge < -0.3 is 0 Å². The van der Waals surface area contributed by atoms with Crippen molar-refractivity contribution in [1.29, 1.82) is 5.26 Å². The summed E-state index contributed by atoms with van der Waals surface area (Å²) < 4.78 is 25.3. The minimum Gasteiger partial charge on any atom is -0.259 e. The number of nitriles is 1. The van der Waals surface area contributed by atoms with Crippen LogP contribution in [-0.2, 0) is 6.42 Å². The normalized spacial score (nSPS) is 10.3. The van der Waals surface area contributed by atoms with Gasteiger partial charge in [0.1, 0.15) is 0 Å². The third kappa shape index (κ3) is 2.18. The van der Waals surface area contributed by atoms with Crippen LogP contribution >= 0.6 is 22.6 Å². The van der Waals surface area contributed by atoms with Gasteiger partial charge in [-0.15, -0.1) is 0 Å². The zero-order valence-electron chi connectivity index (χ0n) is 7.39. The molecule has 0 amide bonds. The van der Waals surface area contributed by atoms with Gasteiger partial charge in [-0.3, -0.25) is 4.98 Å². The van der Waals surface area contributed by atoms with Crippen LogP contribution in [0.4, 0.5) is 8.78 Å². The van der Waals surface area contributed by atoms with Crippen molar-refractivity contribution in [1.82, 2.24) is 4.98 Å². The molecular weight excluding hydrogens is 301 g/mol. The largest absolute Gasteiger partial charge is 0.266 e. The number of alkyl halides is 2. The van der Waals surface area contributed by atoms with Gasteiger partial charge >= 0.3 is 0 Å². The SMILES string of the molecule is Cc1c(CC#N)ncc(C(F)F)c1I. The van der Waals surface area contributed by atoms with E-state index < -0.39 is 6.43 Å². The van der Waals surface area contributed by atoms with Crippen molar-refractivity contribution in [3.05, 3.63) is 26.6 Å². The Bertz CT molecular complexity index is 385. The number of aromatic nitrogens is 1. The molecule has 0 spiro atoms. The minimum absolute atomic E-state index is 0.0650. The summed E-state index contributed by atoms with van der Waals surface area (Å²) in [6.45, 7) is 1.70. The standard InChI is InChI=1S/C9H7F2IN2/c1-5-7(2-3-13)14-4-6(8(5)12)9(10)11/h4,9H,2H2,1H3. The Morgan fingerprint density at radius 3 is 2.79 bits per heavy atom. The van der Waals surface area contributed by atoms with Crippen LogP contribution in [-0.4, -0.2) is 4.98 Å². The first kappa shape index (κ1) is 11.3. The highest BCUT2D eigenvalue weighted by Gasteiger charge is 2.15. The molecule has 1 heterocycles. The lowest BCUT2D eigenvalue weighted by Gasteiger charge is -2.08. The van der Waals surface area contributed by atoms with Crippen molar-refractivity contribution in [3.63, 3.8) is 0 Å². The van der Waals surface area contributed by atoms with Crippen LogP contribution < -0.4 is 0 Å². The third-order valence-electron chi connectivity index (χ3n) is 1.86. The monoisotopic (exact) mass is 308 g/mol. The summed E-state index contributed by atoms with van der Waals surface area (Å²) in [5.74, 6) is 0. The predicted octanol–water partition coefficient (Wildman–Crippen LogP) is 3.00. The number of halogens is 3. The van der Waals surface area contributed by atoms with E-state index in [1.807, 2.05) is 28.7 Å². The molecule has 0 N–H and O–H groups in total.